The van der Waals surface area contributed by atoms with Crippen molar-refractivity contribution in [3.63, 3.8) is 0 Å². The van der Waals surface area contributed by atoms with Crippen molar-refractivity contribution < 1.29 is 27.6 Å². The van der Waals surface area contributed by atoms with Crippen LogP contribution in [0.25, 0.3) is 0 Å². The maximum atomic E-state index is 12.8. The van der Waals surface area contributed by atoms with Crippen molar-refractivity contribution in [2.24, 2.45) is 0 Å². The molecule has 0 fully saturated rings. The lowest BCUT2D eigenvalue weighted by atomic mass is 10.0. The molecule has 0 radical (unpaired) electrons. The van der Waals surface area contributed by atoms with Crippen LogP contribution >= 0.6 is 11.6 Å². The normalized spacial score (nSPS) is 12.0. The number of nitrogens with one attached hydrogen (secondary N) is 1. The smallest absolute Gasteiger partial charge is 0.305 e. The van der Waals surface area contributed by atoms with Crippen molar-refractivity contribution in [3.05, 3.63) is 21.9 Å². The maximum absolute atomic E-state index is 12.8. The number of carbonyl (C=O) groups excluding carboxylic acids is 1. The first-order chi connectivity index (χ1) is 29.4. The summed E-state index contributed by atoms with van der Waals surface area (Å²) in [5, 5.41) is 3.43. The summed E-state index contributed by atoms with van der Waals surface area (Å²) in [7, 11) is 3.34. The minimum atomic E-state index is -0.0855. The molecule has 1 aromatic rings. The molecule has 1 atom stereocenters. The Bertz CT molecular complexity index is 1170. The number of methoxy groups -OCH3 is 2. The molecule has 1 N–H and O–H groups in total. The van der Waals surface area contributed by atoms with Gasteiger partial charge in [0.1, 0.15) is 0 Å². The van der Waals surface area contributed by atoms with Gasteiger partial charge in [-0.25, -0.2) is 0 Å². The van der Waals surface area contributed by atoms with Gasteiger partial charge in [-0.15, -0.1) is 0 Å². The fourth-order valence-electron chi connectivity index (χ4n) is 7.66. The topological polar surface area (TPSA) is 103 Å². The van der Waals surface area contributed by atoms with E-state index >= 15 is 0 Å². The lowest BCUT2D eigenvalue weighted by Crippen LogP contribution is -2.33. The summed E-state index contributed by atoms with van der Waals surface area (Å²) in [6.07, 6.45) is 32.8. The highest BCUT2D eigenvalue weighted by Crippen LogP contribution is 2.25. The van der Waals surface area contributed by atoms with Gasteiger partial charge in [0, 0.05) is 46.7 Å². The summed E-state index contributed by atoms with van der Waals surface area (Å²) in [6, 6.07) is 0. The summed E-state index contributed by atoms with van der Waals surface area (Å²) in [5.41, 5.74) is 0.571. The fourth-order valence-corrected chi connectivity index (χ4v) is 8.25. The lowest BCUT2D eigenvalue weighted by Gasteiger charge is -2.24. The molecule has 11 heteroatoms. The highest BCUT2D eigenvalue weighted by Gasteiger charge is 2.20. The predicted molar refractivity (Wildman–Crippen MR) is 255 cm³/mol. The molecule has 1 unspecified atom stereocenters. The molecular weight excluding hydrogens is 775 g/mol. The molecule has 0 aromatic carbocycles. The van der Waals surface area contributed by atoms with E-state index < -0.39 is 0 Å². The van der Waals surface area contributed by atoms with Crippen molar-refractivity contribution in [2.45, 2.75) is 207 Å². The molecule has 10 nitrogen and oxygen atoms in total. The molecule has 0 amide bonds. The monoisotopic (exact) mass is 868 g/mol. The molecule has 0 bridgehead atoms. The first kappa shape index (κ1) is 55.9. The Morgan fingerprint density at radius 1 is 0.633 bits per heavy atom. The van der Waals surface area contributed by atoms with E-state index in [0.29, 0.717) is 57.0 Å². The van der Waals surface area contributed by atoms with Crippen molar-refractivity contribution in [3.8, 4) is 0 Å². The number of hydrogen-bond acceptors (Lipinski definition) is 11. The second-order valence-corrected chi connectivity index (χ2v) is 17.6. The van der Waals surface area contributed by atoms with E-state index in [2.05, 4.69) is 37.6 Å². The zero-order valence-corrected chi connectivity index (χ0v) is 40.4. The molecule has 352 valence electrons. The van der Waals surface area contributed by atoms with Gasteiger partial charge in [0.2, 0.25) is 5.88 Å². The number of hydrogen-bond donors (Lipinski definition) is 1. The van der Waals surface area contributed by atoms with E-state index in [9.17, 15) is 9.59 Å². The van der Waals surface area contributed by atoms with E-state index in [1.54, 1.807) is 14.2 Å². The third kappa shape index (κ3) is 30.9. The van der Waals surface area contributed by atoms with Crippen LogP contribution in [0.4, 0.5) is 11.6 Å². The average Bonchev–Trinajstić information content (AvgIpc) is 3.61. The molecule has 0 aliphatic rings. The third-order valence-corrected chi connectivity index (χ3v) is 12.0. The Morgan fingerprint density at radius 3 is 1.75 bits per heavy atom. The van der Waals surface area contributed by atoms with Gasteiger partial charge in [-0.2, -0.15) is 0 Å². The predicted octanol–water partition coefficient (Wildman–Crippen LogP) is 12.9. The van der Waals surface area contributed by atoms with Crippen LogP contribution in [0.3, 0.4) is 0 Å². The van der Waals surface area contributed by atoms with Gasteiger partial charge in [-0.1, -0.05) is 130 Å². The Balaban J connectivity index is 2.53. The second-order valence-electron chi connectivity index (χ2n) is 16.9. The SMILES string of the molecule is C=C(CCCCCCCN(CCCCCCCC(=O)OCCCCCCCC)CCCNc1osc(=O)c1N(CCOC)CCOC)OC(CCCCC)CCCCCC. The Morgan fingerprint density at radius 2 is 1.13 bits per heavy atom. The average molecular weight is 868 g/mol. The standard InChI is InChI=1S/C49H93N3O7S/c1-7-10-13-15-22-29-41-57-46(53)34-26-19-17-21-28-37-51(38-30-35-50-48-47(49(54)60-59-48)52(39-42-55-5)40-43-56-6)36-27-20-16-18-24-31-44(4)58-45(32-23-12-9-3)33-25-14-11-8-2/h45,50H,4,7-43H2,1-3,5-6H3. The summed E-state index contributed by atoms with van der Waals surface area (Å²) < 4.78 is 28.1. The van der Waals surface area contributed by atoms with Crippen LogP contribution in [0.2, 0.25) is 0 Å². The van der Waals surface area contributed by atoms with Crippen LogP contribution in [0.15, 0.2) is 21.0 Å². The van der Waals surface area contributed by atoms with E-state index in [4.69, 9.17) is 22.8 Å². The van der Waals surface area contributed by atoms with E-state index in [1.807, 2.05) is 4.90 Å². The molecular formula is C49H93N3O7S. The number of carbonyl (C=O) groups is 1. The minimum Gasteiger partial charge on any atom is -0.495 e. The van der Waals surface area contributed by atoms with Crippen LogP contribution in [-0.2, 0) is 23.7 Å². The fraction of sp³-hybridized carbons (Fsp3) is 0.878. The molecule has 0 aliphatic carbocycles. The van der Waals surface area contributed by atoms with Gasteiger partial charge in [-0.3, -0.25) is 9.59 Å². The van der Waals surface area contributed by atoms with Gasteiger partial charge >= 0.3 is 5.97 Å². The van der Waals surface area contributed by atoms with Crippen LogP contribution in [0, 0.1) is 0 Å². The van der Waals surface area contributed by atoms with Crippen LogP contribution < -0.4 is 15.0 Å². The molecule has 0 saturated carbocycles. The molecule has 1 aromatic heterocycles. The number of ether oxygens (including phenoxy) is 4. The second kappa shape index (κ2) is 41.0. The number of unbranched alkanes of at least 4 members (excludes halogenated alkanes) is 18. The van der Waals surface area contributed by atoms with Crippen molar-refractivity contribution in [1.29, 1.82) is 0 Å². The molecule has 0 saturated heterocycles. The molecule has 60 heavy (non-hydrogen) atoms. The van der Waals surface area contributed by atoms with Crippen molar-refractivity contribution >= 4 is 29.2 Å². The Hall–Kier alpha value is -2.08. The van der Waals surface area contributed by atoms with Gasteiger partial charge in [0.25, 0.3) is 4.74 Å². The molecule has 0 aliphatic heterocycles. The van der Waals surface area contributed by atoms with E-state index in [-0.39, 0.29) is 10.7 Å². The molecule has 0 spiro atoms. The zero-order valence-electron chi connectivity index (χ0n) is 39.6. The summed E-state index contributed by atoms with van der Waals surface area (Å²) in [6.45, 7) is 17.8. The van der Waals surface area contributed by atoms with Crippen molar-refractivity contribution in [2.75, 3.05) is 83.5 Å². The largest absolute Gasteiger partial charge is 0.495 e. The summed E-state index contributed by atoms with van der Waals surface area (Å²) in [5.74, 6) is 1.50. The van der Waals surface area contributed by atoms with Crippen LogP contribution in [0.1, 0.15) is 201 Å². The molecule has 1 heterocycles. The van der Waals surface area contributed by atoms with Gasteiger partial charge in [-0.05, 0) is 83.8 Å². The number of anilines is 2. The number of allylic oxidation sites excluding steroid dienone is 1. The Labute approximate surface area is 372 Å². The summed E-state index contributed by atoms with van der Waals surface area (Å²) >= 11 is 0.884. The first-order valence-electron chi connectivity index (χ1n) is 24.7. The number of esters is 1. The quantitative estimate of drug-likeness (QED) is 0.0387. The maximum Gasteiger partial charge on any atom is 0.305 e. The van der Waals surface area contributed by atoms with E-state index in [0.717, 1.165) is 108 Å². The number of nitrogens with zero attached hydrogens (tertiary/aromatic N) is 2. The van der Waals surface area contributed by atoms with Crippen LogP contribution in [-0.4, -0.2) is 90.3 Å². The first-order valence-corrected chi connectivity index (χ1v) is 25.5. The summed E-state index contributed by atoms with van der Waals surface area (Å²) in [4.78, 5) is 29.6. The zero-order chi connectivity index (χ0) is 43.7. The van der Waals surface area contributed by atoms with Gasteiger partial charge in [0.05, 0.1) is 43.3 Å². The minimum absolute atomic E-state index is 0.0345. The molecule has 1 rings (SSSR count). The highest BCUT2D eigenvalue weighted by atomic mass is 32.1. The Kier molecular flexibility index (Phi) is 38.2. The van der Waals surface area contributed by atoms with E-state index in [1.165, 1.54) is 109 Å². The number of rotatable bonds is 46. The van der Waals surface area contributed by atoms with Crippen molar-refractivity contribution in [1.82, 2.24) is 4.90 Å². The third-order valence-electron chi connectivity index (χ3n) is 11.4. The highest BCUT2D eigenvalue weighted by molar-refractivity contribution is 7.01. The van der Waals surface area contributed by atoms with Gasteiger partial charge in [0.15, 0.2) is 5.69 Å². The van der Waals surface area contributed by atoms with Crippen LogP contribution in [0.5, 0.6) is 0 Å². The lowest BCUT2D eigenvalue weighted by molar-refractivity contribution is -0.143. The van der Waals surface area contributed by atoms with Gasteiger partial charge < -0.3 is 37.9 Å².